The Kier molecular flexibility index (Phi) is 6.47. The van der Waals surface area contributed by atoms with Crippen molar-refractivity contribution in [1.29, 1.82) is 0 Å². The maximum absolute atomic E-state index is 12.0. The van der Waals surface area contributed by atoms with E-state index in [9.17, 15) is 4.79 Å². The smallest absolute Gasteiger partial charge is 0.230 e. The molecule has 0 aromatic carbocycles. The zero-order valence-electron chi connectivity index (χ0n) is 14.6. The van der Waals surface area contributed by atoms with Crippen molar-refractivity contribution >= 4 is 17.7 Å². The van der Waals surface area contributed by atoms with Crippen molar-refractivity contribution in [2.45, 2.75) is 76.7 Å². The van der Waals surface area contributed by atoms with Crippen LogP contribution in [0.1, 0.15) is 52.8 Å². The van der Waals surface area contributed by atoms with Crippen LogP contribution in [0.25, 0.3) is 0 Å². The molecule has 1 atom stereocenters. The van der Waals surface area contributed by atoms with Crippen molar-refractivity contribution in [2.75, 3.05) is 12.4 Å². The molecule has 1 aromatic rings. The fourth-order valence-electron chi connectivity index (χ4n) is 2.59. The average molecular weight is 340 g/mol. The number of thioether (sulfide) groups is 1. The van der Waals surface area contributed by atoms with Crippen LogP contribution in [0.2, 0.25) is 0 Å². The van der Waals surface area contributed by atoms with Crippen molar-refractivity contribution in [2.24, 2.45) is 0 Å². The summed E-state index contributed by atoms with van der Waals surface area (Å²) in [6.45, 7) is 9.70. The standard InChI is InChI=1S/C16H28N4O2S/c1-5-7-13-18-19-15(20(13)10-12-8-6-9-22-12)23-11-14(21)17-16(2,3)4/h12H,5-11H2,1-4H3,(H,17,21). The van der Waals surface area contributed by atoms with Gasteiger partial charge in [0.05, 0.1) is 18.4 Å². The lowest BCUT2D eigenvalue weighted by Crippen LogP contribution is -2.41. The van der Waals surface area contributed by atoms with Gasteiger partial charge in [-0.3, -0.25) is 4.79 Å². The number of aryl methyl sites for hydroxylation is 1. The molecule has 23 heavy (non-hydrogen) atoms. The quantitative estimate of drug-likeness (QED) is 0.772. The highest BCUT2D eigenvalue weighted by atomic mass is 32.2. The monoisotopic (exact) mass is 340 g/mol. The van der Waals surface area contributed by atoms with Crippen LogP contribution in [-0.4, -0.2) is 44.7 Å². The van der Waals surface area contributed by atoms with Gasteiger partial charge in [0.15, 0.2) is 5.16 Å². The van der Waals surface area contributed by atoms with Crippen LogP contribution in [0.15, 0.2) is 5.16 Å². The Labute approximate surface area is 142 Å². The van der Waals surface area contributed by atoms with Gasteiger partial charge in [-0.25, -0.2) is 0 Å². The molecular weight excluding hydrogens is 312 g/mol. The molecule has 130 valence electrons. The Bertz CT molecular complexity index is 519. The van der Waals surface area contributed by atoms with Crippen molar-refractivity contribution < 1.29 is 9.53 Å². The van der Waals surface area contributed by atoms with Gasteiger partial charge >= 0.3 is 0 Å². The summed E-state index contributed by atoms with van der Waals surface area (Å²) < 4.78 is 7.87. The van der Waals surface area contributed by atoms with E-state index in [1.165, 1.54) is 11.8 Å². The Hall–Kier alpha value is -1.08. The van der Waals surface area contributed by atoms with Gasteiger partial charge < -0.3 is 14.6 Å². The Morgan fingerprint density at radius 1 is 1.43 bits per heavy atom. The summed E-state index contributed by atoms with van der Waals surface area (Å²) in [6, 6.07) is 0. The van der Waals surface area contributed by atoms with Gasteiger partial charge in [0, 0.05) is 18.6 Å². The lowest BCUT2D eigenvalue weighted by molar-refractivity contribution is -0.119. The molecular formula is C16H28N4O2S. The molecule has 1 unspecified atom stereocenters. The molecule has 0 saturated carbocycles. The van der Waals surface area contributed by atoms with Crippen LogP contribution >= 0.6 is 11.8 Å². The van der Waals surface area contributed by atoms with Gasteiger partial charge in [-0.2, -0.15) is 0 Å². The largest absolute Gasteiger partial charge is 0.376 e. The molecule has 2 heterocycles. The number of carbonyl (C=O) groups is 1. The number of nitrogens with one attached hydrogen (secondary N) is 1. The highest BCUT2D eigenvalue weighted by molar-refractivity contribution is 7.99. The van der Waals surface area contributed by atoms with E-state index in [1.807, 2.05) is 20.8 Å². The van der Waals surface area contributed by atoms with Gasteiger partial charge in [0.1, 0.15) is 5.82 Å². The lowest BCUT2D eigenvalue weighted by Gasteiger charge is -2.20. The van der Waals surface area contributed by atoms with Gasteiger partial charge in [-0.15, -0.1) is 10.2 Å². The molecule has 1 aliphatic rings. The van der Waals surface area contributed by atoms with E-state index < -0.39 is 0 Å². The molecule has 7 heteroatoms. The van der Waals surface area contributed by atoms with Gasteiger partial charge in [0.25, 0.3) is 0 Å². The summed E-state index contributed by atoms with van der Waals surface area (Å²) in [5.41, 5.74) is -0.212. The van der Waals surface area contributed by atoms with Crippen molar-refractivity contribution in [3.05, 3.63) is 5.82 Å². The van der Waals surface area contributed by atoms with Crippen molar-refractivity contribution in [1.82, 2.24) is 20.1 Å². The van der Waals surface area contributed by atoms with Gasteiger partial charge in [-0.1, -0.05) is 18.7 Å². The number of ether oxygens (including phenoxy) is 1. The molecule has 0 radical (unpaired) electrons. The summed E-state index contributed by atoms with van der Waals surface area (Å²) in [7, 11) is 0. The minimum absolute atomic E-state index is 0.0196. The summed E-state index contributed by atoms with van der Waals surface area (Å²) in [5, 5.41) is 12.4. The zero-order valence-corrected chi connectivity index (χ0v) is 15.4. The van der Waals surface area contributed by atoms with Crippen LogP contribution in [0.5, 0.6) is 0 Å². The third-order valence-electron chi connectivity index (χ3n) is 3.52. The fraction of sp³-hybridized carbons (Fsp3) is 0.812. The highest BCUT2D eigenvalue weighted by Gasteiger charge is 2.21. The minimum atomic E-state index is -0.212. The summed E-state index contributed by atoms with van der Waals surface area (Å²) >= 11 is 1.45. The number of aromatic nitrogens is 3. The molecule has 1 saturated heterocycles. The number of rotatable bonds is 7. The average Bonchev–Trinajstić information content (AvgIpc) is 3.07. The molecule has 0 bridgehead atoms. The third kappa shape index (κ3) is 5.80. The number of nitrogens with zero attached hydrogens (tertiary/aromatic N) is 3. The summed E-state index contributed by atoms with van der Waals surface area (Å²) in [4.78, 5) is 12.0. The number of amides is 1. The molecule has 1 N–H and O–H groups in total. The summed E-state index contributed by atoms with van der Waals surface area (Å²) in [6.07, 6.45) is 4.36. The van der Waals surface area contributed by atoms with Crippen LogP contribution in [0.4, 0.5) is 0 Å². The third-order valence-corrected chi connectivity index (χ3v) is 4.49. The van der Waals surface area contributed by atoms with Crippen LogP contribution in [0.3, 0.4) is 0 Å². The van der Waals surface area contributed by atoms with Crippen LogP contribution in [0, 0.1) is 0 Å². The zero-order chi connectivity index (χ0) is 16.9. The first-order chi connectivity index (χ1) is 10.9. The molecule has 1 aromatic heterocycles. The second-order valence-corrected chi connectivity index (χ2v) is 7.92. The van der Waals surface area contributed by atoms with E-state index in [-0.39, 0.29) is 17.6 Å². The predicted octanol–water partition coefficient (Wildman–Crippen LogP) is 2.42. The van der Waals surface area contributed by atoms with Gasteiger partial charge in [0.2, 0.25) is 5.91 Å². The van der Waals surface area contributed by atoms with Crippen molar-refractivity contribution in [3.8, 4) is 0 Å². The fourth-order valence-corrected chi connectivity index (χ4v) is 3.36. The topological polar surface area (TPSA) is 69.0 Å². The van der Waals surface area contributed by atoms with E-state index in [1.54, 1.807) is 0 Å². The van der Waals surface area contributed by atoms with Crippen LogP contribution < -0.4 is 5.32 Å². The second-order valence-electron chi connectivity index (χ2n) is 6.98. The first-order valence-electron chi connectivity index (χ1n) is 8.36. The van der Waals surface area contributed by atoms with E-state index in [2.05, 4.69) is 27.0 Å². The van der Waals surface area contributed by atoms with E-state index in [4.69, 9.17) is 4.74 Å². The molecule has 0 spiro atoms. The Morgan fingerprint density at radius 3 is 2.83 bits per heavy atom. The number of carbonyl (C=O) groups excluding carboxylic acids is 1. The number of hydrogen-bond donors (Lipinski definition) is 1. The Morgan fingerprint density at radius 2 is 2.22 bits per heavy atom. The van der Waals surface area contributed by atoms with E-state index in [0.717, 1.165) is 49.8 Å². The van der Waals surface area contributed by atoms with Gasteiger partial charge in [-0.05, 0) is 40.0 Å². The highest BCUT2D eigenvalue weighted by Crippen LogP contribution is 2.22. The minimum Gasteiger partial charge on any atom is -0.376 e. The normalized spacial score (nSPS) is 18.3. The first-order valence-corrected chi connectivity index (χ1v) is 9.35. The van der Waals surface area contributed by atoms with Crippen LogP contribution in [-0.2, 0) is 22.5 Å². The van der Waals surface area contributed by atoms with E-state index in [0.29, 0.717) is 5.75 Å². The molecule has 0 aliphatic carbocycles. The second kappa shape index (κ2) is 8.15. The van der Waals surface area contributed by atoms with Crippen molar-refractivity contribution in [3.63, 3.8) is 0 Å². The number of hydrogen-bond acceptors (Lipinski definition) is 5. The predicted molar refractivity (Wildman–Crippen MR) is 91.6 cm³/mol. The maximum atomic E-state index is 12.0. The Balaban J connectivity index is 2.00. The summed E-state index contributed by atoms with van der Waals surface area (Å²) in [5.74, 6) is 1.36. The SMILES string of the molecule is CCCc1nnc(SCC(=O)NC(C)(C)C)n1CC1CCCO1. The lowest BCUT2D eigenvalue weighted by atomic mass is 10.1. The molecule has 6 nitrogen and oxygen atoms in total. The molecule has 1 aliphatic heterocycles. The first kappa shape index (κ1) is 18.3. The van der Waals surface area contributed by atoms with E-state index >= 15 is 0 Å². The molecule has 2 rings (SSSR count). The maximum Gasteiger partial charge on any atom is 0.230 e. The molecule has 1 fully saturated rings. The molecule has 1 amide bonds.